The molecule has 0 aliphatic heterocycles. The van der Waals surface area contributed by atoms with E-state index in [9.17, 15) is 4.79 Å². The summed E-state index contributed by atoms with van der Waals surface area (Å²) < 4.78 is 5.70. The first-order chi connectivity index (χ1) is 13.2. The predicted octanol–water partition coefficient (Wildman–Crippen LogP) is 3.54. The Morgan fingerprint density at radius 2 is 1.96 bits per heavy atom. The van der Waals surface area contributed by atoms with Crippen molar-refractivity contribution in [3.05, 3.63) is 70.3 Å². The van der Waals surface area contributed by atoms with Gasteiger partial charge in [-0.25, -0.2) is 9.97 Å². The first-order valence-electron chi connectivity index (χ1n) is 8.74. The highest BCUT2D eigenvalue weighted by Crippen LogP contribution is 2.15. The van der Waals surface area contributed by atoms with Gasteiger partial charge in [-0.3, -0.25) is 4.79 Å². The Morgan fingerprint density at radius 3 is 2.78 bits per heavy atom. The largest absolute Gasteiger partial charge is 0.486 e. The van der Waals surface area contributed by atoms with Gasteiger partial charge >= 0.3 is 0 Å². The van der Waals surface area contributed by atoms with E-state index in [1.54, 1.807) is 17.4 Å². The zero-order chi connectivity index (χ0) is 18.9. The lowest BCUT2D eigenvalue weighted by atomic mass is 10.3. The highest BCUT2D eigenvalue weighted by atomic mass is 32.1. The van der Waals surface area contributed by atoms with Crippen molar-refractivity contribution in [3.63, 3.8) is 0 Å². The quantitative estimate of drug-likeness (QED) is 0.554. The van der Waals surface area contributed by atoms with Gasteiger partial charge in [-0.05, 0) is 31.2 Å². The van der Waals surface area contributed by atoms with Gasteiger partial charge in [0.2, 0.25) is 5.91 Å². The predicted molar refractivity (Wildman–Crippen MR) is 107 cm³/mol. The van der Waals surface area contributed by atoms with Crippen molar-refractivity contribution in [2.75, 3.05) is 11.9 Å². The molecule has 0 bridgehead atoms. The first-order valence-corrected chi connectivity index (χ1v) is 9.62. The Hall–Kier alpha value is -2.77. The van der Waals surface area contributed by atoms with Crippen LogP contribution < -0.4 is 15.4 Å². The minimum atomic E-state index is -0.0594. The van der Waals surface area contributed by atoms with Crippen molar-refractivity contribution >= 4 is 23.1 Å². The van der Waals surface area contributed by atoms with Crippen molar-refractivity contribution in [1.82, 2.24) is 15.3 Å². The molecule has 0 aliphatic rings. The van der Waals surface area contributed by atoms with Gasteiger partial charge in [0.25, 0.3) is 0 Å². The Kier molecular flexibility index (Phi) is 6.90. The molecule has 3 rings (SSSR count). The molecule has 0 unspecified atom stereocenters. The number of thiazole rings is 1. The third-order valence-corrected chi connectivity index (χ3v) is 4.57. The van der Waals surface area contributed by atoms with Crippen LogP contribution in [0.2, 0.25) is 0 Å². The maximum atomic E-state index is 11.9. The number of hydrogen-bond donors (Lipinski definition) is 2. The fourth-order valence-electron chi connectivity index (χ4n) is 2.39. The zero-order valence-electron chi connectivity index (χ0n) is 15.1. The molecule has 0 spiro atoms. The second kappa shape index (κ2) is 9.80. The first kappa shape index (κ1) is 19.0. The molecule has 0 radical (unpaired) electrons. The Balaban J connectivity index is 1.34. The maximum Gasteiger partial charge on any atom is 0.226 e. The van der Waals surface area contributed by atoms with E-state index in [1.165, 1.54) is 0 Å². The van der Waals surface area contributed by atoms with Crippen LogP contribution in [0.1, 0.15) is 22.8 Å². The third-order valence-electron chi connectivity index (χ3n) is 3.70. The molecule has 7 heteroatoms. The van der Waals surface area contributed by atoms with Crippen LogP contribution in [0.3, 0.4) is 0 Å². The molecule has 6 nitrogen and oxygen atoms in total. The SMILES string of the molecule is Cc1cccc(NC(=O)CCNCc2csc(COc3ccccc3)n2)n1. The van der Waals surface area contributed by atoms with Crippen molar-refractivity contribution in [2.45, 2.75) is 26.5 Å². The summed E-state index contributed by atoms with van der Waals surface area (Å²) >= 11 is 1.57. The van der Waals surface area contributed by atoms with Gasteiger partial charge in [-0.2, -0.15) is 0 Å². The summed E-state index contributed by atoms with van der Waals surface area (Å²) in [7, 11) is 0. The van der Waals surface area contributed by atoms with Crippen molar-refractivity contribution < 1.29 is 9.53 Å². The number of carbonyl (C=O) groups is 1. The van der Waals surface area contributed by atoms with E-state index in [0.29, 0.717) is 31.9 Å². The fraction of sp³-hybridized carbons (Fsp3) is 0.250. The van der Waals surface area contributed by atoms with Crippen LogP contribution in [0.25, 0.3) is 0 Å². The molecular weight excluding hydrogens is 360 g/mol. The van der Waals surface area contributed by atoms with Crippen LogP contribution >= 0.6 is 11.3 Å². The number of carbonyl (C=O) groups excluding carboxylic acids is 1. The summed E-state index contributed by atoms with van der Waals surface area (Å²) in [6.45, 7) is 3.55. The van der Waals surface area contributed by atoms with Crippen molar-refractivity contribution in [2.24, 2.45) is 0 Å². The molecule has 1 amide bonds. The van der Waals surface area contributed by atoms with E-state index in [4.69, 9.17) is 4.74 Å². The van der Waals surface area contributed by atoms with Gasteiger partial charge in [0.05, 0.1) is 5.69 Å². The van der Waals surface area contributed by atoms with E-state index in [2.05, 4.69) is 20.6 Å². The molecule has 1 aromatic carbocycles. The van der Waals surface area contributed by atoms with Gasteiger partial charge in [-0.15, -0.1) is 11.3 Å². The number of aromatic nitrogens is 2. The molecule has 140 valence electrons. The summed E-state index contributed by atoms with van der Waals surface area (Å²) in [4.78, 5) is 20.7. The van der Waals surface area contributed by atoms with Gasteiger partial charge in [0, 0.05) is 30.6 Å². The average Bonchev–Trinajstić information content (AvgIpc) is 3.12. The lowest BCUT2D eigenvalue weighted by Crippen LogP contribution is -2.22. The molecular formula is C20H22N4O2S. The number of anilines is 1. The second-order valence-electron chi connectivity index (χ2n) is 5.97. The second-order valence-corrected chi connectivity index (χ2v) is 6.92. The summed E-state index contributed by atoms with van der Waals surface area (Å²) in [6, 6.07) is 15.2. The van der Waals surface area contributed by atoms with Crippen molar-refractivity contribution in [1.29, 1.82) is 0 Å². The van der Waals surface area contributed by atoms with Crippen LogP contribution in [0.4, 0.5) is 5.82 Å². The number of nitrogens with one attached hydrogen (secondary N) is 2. The lowest BCUT2D eigenvalue weighted by Gasteiger charge is -2.06. The summed E-state index contributed by atoms with van der Waals surface area (Å²) in [5.74, 6) is 1.36. The number of pyridine rings is 1. The van der Waals surface area contributed by atoms with Crippen LogP contribution in [-0.4, -0.2) is 22.4 Å². The third kappa shape index (κ3) is 6.47. The fourth-order valence-corrected chi connectivity index (χ4v) is 3.10. The highest BCUT2D eigenvalue weighted by molar-refractivity contribution is 7.09. The maximum absolute atomic E-state index is 11.9. The molecule has 0 atom stereocenters. The number of hydrogen-bond acceptors (Lipinski definition) is 6. The Morgan fingerprint density at radius 1 is 1.11 bits per heavy atom. The van der Waals surface area contributed by atoms with Crippen LogP contribution in [0.5, 0.6) is 5.75 Å². The standard InChI is InChI=1S/C20H22N4O2S/c1-15-6-5-9-18(22-15)24-19(25)10-11-21-12-16-14-27-20(23-16)13-26-17-7-3-2-4-8-17/h2-9,14,21H,10-13H2,1H3,(H,22,24,25). The topological polar surface area (TPSA) is 76.1 Å². The molecule has 27 heavy (non-hydrogen) atoms. The molecule has 0 saturated heterocycles. The molecule has 2 N–H and O–H groups in total. The summed E-state index contributed by atoms with van der Waals surface area (Å²) in [5, 5.41) is 8.97. The minimum Gasteiger partial charge on any atom is -0.486 e. The molecule has 2 heterocycles. The summed E-state index contributed by atoms with van der Waals surface area (Å²) in [6.07, 6.45) is 0.379. The number of rotatable bonds is 9. The molecule has 0 fully saturated rings. The van der Waals surface area contributed by atoms with E-state index in [1.807, 2.05) is 54.8 Å². The molecule has 0 saturated carbocycles. The van der Waals surface area contributed by atoms with Gasteiger partial charge < -0.3 is 15.4 Å². The number of ether oxygens (including phenoxy) is 1. The van der Waals surface area contributed by atoms with Gasteiger partial charge in [-0.1, -0.05) is 24.3 Å². The van der Waals surface area contributed by atoms with E-state index in [-0.39, 0.29) is 5.91 Å². The average molecular weight is 382 g/mol. The van der Waals surface area contributed by atoms with Crippen LogP contribution in [0, 0.1) is 6.92 Å². The Labute approximate surface area is 162 Å². The minimum absolute atomic E-state index is 0.0594. The van der Waals surface area contributed by atoms with Crippen molar-refractivity contribution in [3.8, 4) is 5.75 Å². The van der Waals surface area contributed by atoms with E-state index in [0.717, 1.165) is 22.1 Å². The van der Waals surface area contributed by atoms with Gasteiger partial charge in [0.1, 0.15) is 23.2 Å². The number of para-hydroxylation sites is 1. The number of nitrogens with zero attached hydrogens (tertiary/aromatic N) is 2. The monoisotopic (exact) mass is 382 g/mol. The number of benzene rings is 1. The van der Waals surface area contributed by atoms with Crippen LogP contribution in [-0.2, 0) is 17.9 Å². The number of amides is 1. The smallest absolute Gasteiger partial charge is 0.226 e. The van der Waals surface area contributed by atoms with Crippen LogP contribution in [0.15, 0.2) is 53.9 Å². The summed E-state index contributed by atoms with van der Waals surface area (Å²) in [5.41, 5.74) is 1.83. The number of aryl methyl sites for hydroxylation is 1. The van der Waals surface area contributed by atoms with Gasteiger partial charge in [0.15, 0.2) is 0 Å². The molecule has 0 aliphatic carbocycles. The highest BCUT2D eigenvalue weighted by Gasteiger charge is 2.05. The Bertz CT molecular complexity index is 867. The molecule has 2 aromatic heterocycles. The van der Waals surface area contributed by atoms with E-state index >= 15 is 0 Å². The molecule has 3 aromatic rings. The zero-order valence-corrected chi connectivity index (χ0v) is 16.0. The normalized spacial score (nSPS) is 10.6. The lowest BCUT2D eigenvalue weighted by molar-refractivity contribution is -0.116. The van der Waals surface area contributed by atoms with E-state index < -0.39 is 0 Å².